The van der Waals surface area contributed by atoms with E-state index in [1.54, 1.807) is 7.11 Å². The molecule has 29 heavy (non-hydrogen) atoms. The molecular formula is C21H26N4O2S2. The fourth-order valence-electron chi connectivity index (χ4n) is 3.11. The predicted molar refractivity (Wildman–Crippen MR) is 120 cm³/mol. The van der Waals surface area contributed by atoms with Crippen molar-refractivity contribution in [3.05, 3.63) is 52.3 Å². The van der Waals surface area contributed by atoms with Crippen molar-refractivity contribution in [2.75, 3.05) is 31.3 Å². The number of aryl methyl sites for hydroxylation is 3. The molecule has 0 aliphatic carbocycles. The molecule has 0 bridgehead atoms. The third-order valence-electron chi connectivity index (χ3n) is 4.80. The average Bonchev–Trinajstić information content (AvgIpc) is 3.26. The Labute approximate surface area is 179 Å². The van der Waals surface area contributed by atoms with Crippen LogP contribution in [0.4, 0.5) is 5.13 Å². The van der Waals surface area contributed by atoms with E-state index in [0.717, 1.165) is 32.1 Å². The van der Waals surface area contributed by atoms with Crippen LogP contribution in [0, 0.1) is 27.7 Å². The minimum Gasteiger partial charge on any atom is -0.383 e. The first kappa shape index (κ1) is 21.5. The number of nitrogens with zero attached hydrogens (tertiary/aromatic N) is 3. The van der Waals surface area contributed by atoms with E-state index in [1.165, 1.54) is 34.2 Å². The van der Waals surface area contributed by atoms with Gasteiger partial charge >= 0.3 is 0 Å². The van der Waals surface area contributed by atoms with Crippen molar-refractivity contribution >= 4 is 34.0 Å². The Bertz CT molecular complexity index is 1010. The van der Waals surface area contributed by atoms with Gasteiger partial charge in [0.05, 0.1) is 12.4 Å². The van der Waals surface area contributed by atoms with Gasteiger partial charge in [0.2, 0.25) is 5.13 Å². The molecule has 1 aromatic carbocycles. The van der Waals surface area contributed by atoms with E-state index < -0.39 is 0 Å². The average molecular weight is 431 g/mol. The van der Waals surface area contributed by atoms with Crippen LogP contribution in [-0.4, -0.2) is 46.6 Å². The van der Waals surface area contributed by atoms with Crippen LogP contribution < -0.4 is 5.32 Å². The normalized spacial score (nSPS) is 11.1. The zero-order valence-corrected chi connectivity index (χ0v) is 19.0. The van der Waals surface area contributed by atoms with Gasteiger partial charge in [-0.25, -0.2) is 0 Å². The standard InChI is InChI=1S/C21H26N4O2S2/c1-13-6-7-17(10-14(13)2)25-15(3)11-18(16(25)4)19(26)12-28-21-24-23-20(29-21)22-8-9-27-5/h6-7,10-11H,8-9,12H2,1-5H3,(H,22,23). The summed E-state index contributed by atoms with van der Waals surface area (Å²) in [4.78, 5) is 12.9. The van der Waals surface area contributed by atoms with Crippen LogP contribution in [0.25, 0.3) is 5.69 Å². The third-order valence-corrected chi connectivity index (χ3v) is 6.81. The van der Waals surface area contributed by atoms with Crippen molar-refractivity contribution in [1.82, 2.24) is 14.8 Å². The summed E-state index contributed by atoms with van der Waals surface area (Å²) in [5.74, 6) is 0.437. The van der Waals surface area contributed by atoms with Gasteiger partial charge in [0.25, 0.3) is 0 Å². The highest BCUT2D eigenvalue weighted by atomic mass is 32.2. The Morgan fingerprint density at radius 3 is 2.69 bits per heavy atom. The highest BCUT2D eigenvalue weighted by molar-refractivity contribution is 8.01. The lowest BCUT2D eigenvalue weighted by atomic mass is 10.1. The lowest BCUT2D eigenvalue weighted by molar-refractivity contribution is 0.102. The Morgan fingerprint density at radius 2 is 1.97 bits per heavy atom. The molecule has 2 aromatic heterocycles. The largest absolute Gasteiger partial charge is 0.383 e. The van der Waals surface area contributed by atoms with E-state index in [2.05, 4.69) is 52.1 Å². The summed E-state index contributed by atoms with van der Waals surface area (Å²) in [7, 11) is 1.66. The molecule has 6 nitrogen and oxygen atoms in total. The first-order chi connectivity index (χ1) is 13.9. The molecule has 3 aromatic rings. The number of hydrogen-bond donors (Lipinski definition) is 1. The summed E-state index contributed by atoms with van der Waals surface area (Å²) in [6.45, 7) is 9.54. The molecule has 0 amide bonds. The van der Waals surface area contributed by atoms with Crippen molar-refractivity contribution in [2.45, 2.75) is 32.0 Å². The third kappa shape index (κ3) is 5.07. The second-order valence-electron chi connectivity index (χ2n) is 6.89. The number of Topliss-reactive ketones (excluding diaryl/α,β-unsaturated/α-hetero) is 1. The van der Waals surface area contributed by atoms with Crippen LogP contribution in [0.15, 0.2) is 28.6 Å². The Balaban J connectivity index is 1.69. The van der Waals surface area contributed by atoms with Crippen LogP contribution in [0.1, 0.15) is 32.9 Å². The van der Waals surface area contributed by atoms with Crippen LogP contribution >= 0.6 is 23.1 Å². The Hall–Kier alpha value is -2.16. The molecule has 0 unspecified atom stereocenters. The zero-order valence-electron chi connectivity index (χ0n) is 17.4. The number of rotatable bonds is 9. The first-order valence-corrected chi connectivity index (χ1v) is 11.2. The van der Waals surface area contributed by atoms with Crippen molar-refractivity contribution in [1.29, 1.82) is 0 Å². The quantitative estimate of drug-likeness (QED) is 0.304. The first-order valence-electron chi connectivity index (χ1n) is 9.39. The van der Waals surface area contributed by atoms with Crippen LogP contribution in [0.5, 0.6) is 0 Å². The number of aromatic nitrogens is 3. The van der Waals surface area contributed by atoms with Gasteiger partial charge in [-0.05, 0) is 57.0 Å². The summed E-state index contributed by atoms with van der Waals surface area (Å²) in [5.41, 5.74) is 6.37. The van der Waals surface area contributed by atoms with E-state index in [0.29, 0.717) is 18.9 Å². The molecule has 0 saturated carbocycles. The minimum absolute atomic E-state index is 0.0993. The van der Waals surface area contributed by atoms with Crippen LogP contribution in [-0.2, 0) is 4.74 Å². The molecule has 0 radical (unpaired) electrons. The molecule has 0 saturated heterocycles. The zero-order chi connectivity index (χ0) is 21.0. The number of methoxy groups -OCH3 is 1. The van der Waals surface area contributed by atoms with E-state index in [9.17, 15) is 4.79 Å². The summed E-state index contributed by atoms with van der Waals surface area (Å²) >= 11 is 2.87. The number of benzene rings is 1. The van der Waals surface area contributed by atoms with Crippen molar-refractivity contribution in [2.24, 2.45) is 0 Å². The molecular weight excluding hydrogens is 404 g/mol. The van der Waals surface area contributed by atoms with Crippen LogP contribution in [0.3, 0.4) is 0 Å². The summed E-state index contributed by atoms with van der Waals surface area (Å²) in [5, 5.41) is 12.1. The number of anilines is 1. The van der Waals surface area contributed by atoms with E-state index in [1.807, 2.05) is 19.9 Å². The fourth-order valence-corrected chi connectivity index (χ4v) is 4.77. The number of ether oxygens (including phenoxy) is 1. The van der Waals surface area contributed by atoms with E-state index in [-0.39, 0.29) is 5.78 Å². The summed E-state index contributed by atoms with van der Waals surface area (Å²) in [6, 6.07) is 8.36. The smallest absolute Gasteiger partial charge is 0.206 e. The number of carbonyl (C=O) groups is 1. The van der Waals surface area contributed by atoms with Gasteiger partial charge in [0, 0.05) is 36.3 Å². The molecule has 0 atom stereocenters. The maximum Gasteiger partial charge on any atom is 0.206 e. The Kier molecular flexibility index (Phi) is 7.10. The molecule has 8 heteroatoms. The van der Waals surface area contributed by atoms with Crippen molar-refractivity contribution < 1.29 is 9.53 Å². The molecule has 0 spiro atoms. The number of hydrogen-bond acceptors (Lipinski definition) is 7. The molecule has 1 N–H and O–H groups in total. The molecule has 3 rings (SSSR count). The maximum absolute atomic E-state index is 12.9. The predicted octanol–water partition coefficient (Wildman–Crippen LogP) is 4.60. The number of carbonyl (C=O) groups excluding carboxylic acids is 1. The topological polar surface area (TPSA) is 69.0 Å². The summed E-state index contributed by atoms with van der Waals surface area (Å²) < 4.78 is 7.93. The van der Waals surface area contributed by atoms with Gasteiger partial charge in [-0.1, -0.05) is 29.2 Å². The van der Waals surface area contributed by atoms with Crippen LogP contribution in [0.2, 0.25) is 0 Å². The fraction of sp³-hybridized carbons (Fsp3) is 0.381. The van der Waals surface area contributed by atoms with E-state index in [4.69, 9.17) is 4.74 Å². The molecule has 154 valence electrons. The molecule has 0 fully saturated rings. The van der Waals surface area contributed by atoms with Gasteiger partial charge in [0.15, 0.2) is 10.1 Å². The van der Waals surface area contributed by atoms with Gasteiger partial charge in [0.1, 0.15) is 0 Å². The highest BCUT2D eigenvalue weighted by Gasteiger charge is 2.18. The number of thioether (sulfide) groups is 1. The monoisotopic (exact) mass is 430 g/mol. The maximum atomic E-state index is 12.9. The van der Waals surface area contributed by atoms with Gasteiger partial charge in [-0.15, -0.1) is 10.2 Å². The number of nitrogens with one attached hydrogen (secondary N) is 1. The second kappa shape index (κ2) is 9.56. The number of ketones is 1. The lowest BCUT2D eigenvalue weighted by Gasteiger charge is -2.12. The molecule has 2 heterocycles. The van der Waals surface area contributed by atoms with Gasteiger partial charge in [-0.2, -0.15) is 0 Å². The van der Waals surface area contributed by atoms with E-state index >= 15 is 0 Å². The van der Waals surface area contributed by atoms with Crippen molar-refractivity contribution in [3.63, 3.8) is 0 Å². The Morgan fingerprint density at radius 1 is 1.17 bits per heavy atom. The summed E-state index contributed by atoms with van der Waals surface area (Å²) in [6.07, 6.45) is 0. The van der Waals surface area contributed by atoms with Gasteiger partial charge in [-0.3, -0.25) is 4.79 Å². The molecule has 0 aliphatic heterocycles. The molecule has 0 aliphatic rings. The second-order valence-corrected chi connectivity index (χ2v) is 9.09. The van der Waals surface area contributed by atoms with Crippen molar-refractivity contribution in [3.8, 4) is 5.69 Å². The van der Waals surface area contributed by atoms with Gasteiger partial charge < -0.3 is 14.6 Å². The minimum atomic E-state index is 0.0993. The lowest BCUT2D eigenvalue weighted by Crippen LogP contribution is -2.06. The SMILES string of the molecule is COCCNc1nnc(SCC(=O)c2cc(C)n(-c3ccc(C)c(C)c3)c2C)s1. The highest BCUT2D eigenvalue weighted by Crippen LogP contribution is 2.28.